The second-order valence-corrected chi connectivity index (χ2v) is 1.85. The Bertz CT molecular complexity index is 88.1. The number of nitrogens with one attached hydrogen (secondary N) is 1. The Kier molecular flexibility index (Phi) is 3.78. The quantitative estimate of drug-likeness (QED) is 0.383. The third-order valence-corrected chi connectivity index (χ3v) is 0.979. The Morgan fingerprint density at radius 2 is 2.50 bits per heavy atom. The van der Waals surface area contributed by atoms with E-state index in [9.17, 15) is 4.79 Å². The lowest BCUT2D eigenvalue weighted by atomic mass is 9.99. The molecular weight excluding hydrogens is 121 g/mol. The molecule has 0 saturated carbocycles. The van der Waals surface area contributed by atoms with Gasteiger partial charge < -0.3 is 5.32 Å². The van der Waals surface area contributed by atoms with Gasteiger partial charge in [0.05, 0.1) is 7.85 Å². The highest BCUT2D eigenvalue weighted by molar-refractivity contribution is 7.80. The van der Waals surface area contributed by atoms with Gasteiger partial charge in [-0.2, -0.15) is 12.6 Å². The third-order valence-electron chi connectivity index (χ3n) is 0.585. The van der Waals surface area contributed by atoms with E-state index < -0.39 is 0 Å². The van der Waals surface area contributed by atoms with Gasteiger partial charge in [0.2, 0.25) is 5.91 Å². The fourth-order valence-electron chi connectivity index (χ4n) is 0.307. The molecule has 1 N–H and O–H groups in total. The standard InChI is InChI=1S/C4H8BNOS/c1-3(7)6-4(5)2-8/h4,8H,2H2,1H3,(H,6,7). The van der Waals surface area contributed by atoms with Crippen molar-refractivity contribution in [1.29, 1.82) is 0 Å². The average molecular weight is 129 g/mol. The van der Waals surface area contributed by atoms with Gasteiger partial charge in [0.15, 0.2) is 0 Å². The molecule has 1 unspecified atom stereocenters. The summed E-state index contributed by atoms with van der Waals surface area (Å²) in [6.07, 6.45) is 0. The number of carbonyl (C=O) groups is 1. The highest BCUT2D eigenvalue weighted by atomic mass is 32.1. The van der Waals surface area contributed by atoms with Crippen LogP contribution in [-0.2, 0) is 4.79 Å². The van der Waals surface area contributed by atoms with Crippen LogP contribution in [0.5, 0.6) is 0 Å². The van der Waals surface area contributed by atoms with E-state index in [0.29, 0.717) is 5.75 Å². The molecule has 0 aromatic rings. The van der Waals surface area contributed by atoms with Crippen LogP contribution in [-0.4, -0.2) is 25.4 Å². The molecule has 2 nitrogen and oxygen atoms in total. The normalized spacial score (nSPS) is 12.8. The van der Waals surface area contributed by atoms with E-state index >= 15 is 0 Å². The zero-order valence-electron chi connectivity index (χ0n) is 4.72. The highest BCUT2D eigenvalue weighted by Crippen LogP contribution is 1.78. The van der Waals surface area contributed by atoms with Crippen molar-refractivity contribution in [1.82, 2.24) is 5.32 Å². The monoisotopic (exact) mass is 129 g/mol. The zero-order valence-corrected chi connectivity index (χ0v) is 5.61. The first-order valence-corrected chi connectivity index (χ1v) is 2.93. The van der Waals surface area contributed by atoms with Gasteiger partial charge in [0, 0.05) is 12.7 Å². The molecule has 0 spiro atoms. The van der Waals surface area contributed by atoms with E-state index in [0.717, 1.165) is 0 Å². The Hall–Kier alpha value is -0.115. The largest absolute Gasteiger partial charge is 0.362 e. The molecule has 0 bridgehead atoms. The summed E-state index contributed by atoms with van der Waals surface area (Å²) < 4.78 is 0. The molecule has 4 heteroatoms. The molecular formula is C4H8BNOS. The SMILES string of the molecule is [B]C(CS)NC(C)=O. The fraction of sp³-hybridized carbons (Fsp3) is 0.750. The number of rotatable bonds is 2. The lowest BCUT2D eigenvalue weighted by molar-refractivity contribution is -0.119. The molecule has 2 radical (unpaired) electrons. The summed E-state index contributed by atoms with van der Waals surface area (Å²) in [5.41, 5.74) is 0. The van der Waals surface area contributed by atoms with Crippen molar-refractivity contribution in [2.75, 3.05) is 5.75 Å². The van der Waals surface area contributed by atoms with Crippen LogP contribution in [0.3, 0.4) is 0 Å². The van der Waals surface area contributed by atoms with Gasteiger partial charge in [0.25, 0.3) is 0 Å². The smallest absolute Gasteiger partial charge is 0.216 e. The van der Waals surface area contributed by atoms with Crippen molar-refractivity contribution in [3.8, 4) is 0 Å². The Morgan fingerprint density at radius 3 is 2.62 bits per heavy atom. The van der Waals surface area contributed by atoms with Crippen LogP contribution in [0.4, 0.5) is 0 Å². The molecule has 0 rings (SSSR count). The molecule has 0 aliphatic carbocycles. The van der Waals surface area contributed by atoms with Crippen LogP contribution in [0, 0.1) is 0 Å². The van der Waals surface area contributed by atoms with E-state index in [2.05, 4.69) is 17.9 Å². The van der Waals surface area contributed by atoms with E-state index in [1.807, 2.05) is 0 Å². The Labute approximate surface area is 55.9 Å². The minimum absolute atomic E-state index is 0.119. The Morgan fingerprint density at radius 1 is 2.00 bits per heavy atom. The van der Waals surface area contributed by atoms with Crippen LogP contribution in [0.1, 0.15) is 6.92 Å². The molecule has 0 heterocycles. The van der Waals surface area contributed by atoms with Crippen LogP contribution >= 0.6 is 12.6 Å². The molecule has 1 amide bonds. The minimum atomic E-state index is -0.309. The van der Waals surface area contributed by atoms with Gasteiger partial charge in [-0.3, -0.25) is 4.79 Å². The molecule has 8 heavy (non-hydrogen) atoms. The maximum absolute atomic E-state index is 10.2. The molecule has 1 atom stereocenters. The van der Waals surface area contributed by atoms with Crippen LogP contribution in [0.15, 0.2) is 0 Å². The van der Waals surface area contributed by atoms with Gasteiger partial charge in [-0.05, 0) is 5.94 Å². The number of amides is 1. The van der Waals surface area contributed by atoms with Crippen LogP contribution in [0.25, 0.3) is 0 Å². The number of carbonyl (C=O) groups excluding carboxylic acids is 1. The summed E-state index contributed by atoms with van der Waals surface area (Å²) in [4.78, 5) is 10.2. The van der Waals surface area contributed by atoms with E-state index in [1.54, 1.807) is 0 Å². The molecule has 0 aromatic heterocycles. The molecule has 0 aromatic carbocycles. The second-order valence-electron chi connectivity index (χ2n) is 1.49. The maximum atomic E-state index is 10.2. The van der Waals surface area contributed by atoms with Crippen molar-refractivity contribution in [2.24, 2.45) is 0 Å². The average Bonchev–Trinajstić information content (AvgIpc) is 1.65. The van der Waals surface area contributed by atoms with E-state index in [1.165, 1.54) is 6.92 Å². The number of hydrogen-bond donors (Lipinski definition) is 2. The van der Waals surface area contributed by atoms with E-state index in [4.69, 9.17) is 7.85 Å². The summed E-state index contributed by atoms with van der Waals surface area (Å²) in [5.74, 6) is 0.0435. The maximum Gasteiger partial charge on any atom is 0.216 e. The molecule has 0 fully saturated rings. The summed E-state index contributed by atoms with van der Waals surface area (Å²) in [5, 5.41) is 2.45. The highest BCUT2D eigenvalue weighted by Gasteiger charge is 1.96. The zero-order chi connectivity index (χ0) is 6.57. The first kappa shape index (κ1) is 7.88. The number of thiol groups is 1. The van der Waals surface area contributed by atoms with E-state index in [-0.39, 0.29) is 11.8 Å². The summed E-state index contributed by atoms with van der Waals surface area (Å²) in [6, 6.07) is 0. The Balaban J connectivity index is 3.24. The number of hydrogen-bond acceptors (Lipinski definition) is 2. The summed E-state index contributed by atoms with van der Waals surface area (Å²) in [7, 11) is 5.27. The van der Waals surface area contributed by atoms with Crippen molar-refractivity contribution in [3.05, 3.63) is 0 Å². The lowest BCUT2D eigenvalue weighted by Crippen LogP contribution is -2.34. The van der Waals surface area contributed by atoms with Gasteiger partial charge in [-0.1, -0.05) is 0 Å². The van der Waals surface area contributed by atoms with Gasteiger partial charge in [-0.25, -0.2) is 0 Å². The third kappa shape index (κ3) is 4.05. The fourth-order valence-corrected chi connectivity index (χ4v) is 0.398. The first-order chi connectivity index (χ1) is 3.66. The topological polar surface area (TPSA) is 29.1 Å². The van der Waals surface area contributed by atoms with Crippen molar-refractivity contribution in [2.45, 2.75) is 12.9 Å². The van der Waals surface area contributed by atoms with Gasteiger partial charge >= 0.3 is 0 Å². The van der Waals surface area contributed by atoms with Crippen molar-refractivity contribution in [3.63, 3.8) is 0 Å². The van der Waals surface area contributed by atoms with Gasteiger partial charge in [-0.15, -0.1) is 0 Å². The summed E-state index contributed by atoms with van der Waals surface area (Å²) in [6.45, 7) is 1.42. The molecule has 0 aliphatic heterocycles. The predicted octanol–water partition coefficient (Wildman–Crippen LogP) is -0.453. The van der Waals surface area contributed by atoms with Gasteiger partial charge in [0.1, 0.15) is 0 Å². The van der Waals surface area contributed by atoms with Crippen LogP contribution in [0.2, 0.25) is 0 Å². The predicted molar refractivity (Wildman–Crippen MR) is 37.2 cm³/mol. The minimum Gasteiger partial charge on any atom is -0.362 e. The summed E-state index contributed by atoms with van der Waals surface area (Å²) >= 11 is 3.85. The second kappa shape index (κ2) is 3.84. The van der Waals surface area contributed by atoms with Crippen molar-refractivity contribution < 1.29 is 4.79 Å². The molecule has 0 aliphatic rings. The molecule has 44 valence electrons. The van der Waals surface area contributed by atoms with Crippen molar-refractivity contribution >= 4 is 26.4 Å². The lowest BCUT2D eigenvalue weighted by Gasteiger charge is -2.07. The molecule has 0 saturated heterocycles. The van der Waals surface area contributed by atoms with Crippen LogP contribution < -0.4 is 5.32 Å². The first-order valence-electron chi connectivity index (χ1n) is 2.30.